The van der Waals surface area contributed by atoms with Crippen molar-refractivity contribution in [3.63, 3.8) is 0 Å². The predicted molar refractivity (Wildman–Crippen MR) is 128 cm³/mol. The molecule has 5 rings (SSSR count). The minimum absolute atomic E-state index is 0.0554. The van der Waals surface area contributed by atoms with Crippen LogP contribution in [0.3, 0.4) is 0 Å². The normalized spacial score (nSPS) is 52.6. The van der Waals surface area contributed by atoms with Crippen molar-refractivity contribution < 1.29 is 49.7 Å². The van der Waals surface area contributed by atoms with Crippen LogP contribution in [0.4, 0.5) is 0 Å². The average Bonchev–Trinajstić information content (AvgIpc) is 3.19. The average molecular weight is 527 g/mol. The van der Waals surface area contributed by atoms with Gasteiger partial charge in [-0.1, -0.05) is 13.8 Å². The number of aliphatic carboxylic acids is 1. The lowest BCUT2D eigenvalue weighted by atomic mass is 9.44. The molecular formula is C27H42O10. The first kappa shape index (κ1) is 27.4. The van der Waals surface area contributed by atoms with Gasteiger partial charge in [0.25, 0.3) is 0 Å². The van der Waals surface area contributed by atoms with Crippen LogP contribution in [0.2, 0.25) is 0 Å². The number of rotatable bonds is 5. The Hall–Kier alpha value is -1.14. The molecule has 9 unspecified atom stereocenters. The second-order valence-corrected chi connectivity index (χ2v) is 12.9. The van der Waals surface area contributed by atoms with Gasteiger partial charge in [-0.05, 0) is 79.4 Å². The summed E-state index contributed by atoms with van der Waals surface area (Å²) in [5.41, 5.74) is -0.481. The summed E-state index contributed by atoms with van der Waals surface area (Å²) in [5, 5.41) is 59.8. The molecule has 210 valence electrons. The van der Waals surface area contributed by atoms with Crippen LogP contribution in [0.25, 0.3) is 0 Å². The summed E-state index contributed by atoms with van der Waals surface area (Å²) < 4.78 is 11.3. The van der Waals surface area contributed by atoms with Crippen LogP contribution in [-0.4, -0.2) is 91.9 Å². The van der Waals surface area contributed by atoms with Gasteiger partial charge in [0, 0.05) is 12.3 Å². The Morgan fingerprint density at radius 2 is 1.78 bits per heavy atom. The third-order valence-electron chi connectivity index (χ3n) is 11.2. The van der Waals surface area contributed by atoms with Crippen LogP contribution in [0.15, 0.2) is 0 Å². The number of ketones is 1. The number of hydrogen-bond acceptors (Lipinski definition) is 9. The molecule has 10 heteroatoms. The zero-order valence-corrected chi connectivity index (χ0v) is 21.6. The highest BCUT2D eigenvalue weighted by Gasteiger charge is 2.64. The first-order chi connectivity index (χ1) is 17.4. The maximum atomic E-state index is 13.8. The van der Waals surface area contributed by atoms with E-state index in [0.29, 0.717) is 25.2 Å². The number of aliphatic hydroxyl groups excluding tert-OH is 5. The highest BCUT2D eigenvalue weighted by molar-refractivity contribution is 5.84. The van der Waals surface area contributed by atoms with Crippen molar-refractivity contribution in [2.75, 3.05) is 6.61 Å². The molecule has 0 aromatic rings. The van der Waals surface area contributed by atoms with Gasteiger partial charge in [-0.15, -0.1) is 0 Å². The summed E-state index contributed by atoms with van der Waals surface area (Å²) >= 11 is 0. The van der Waals surface area contributed by atoms with Gasteiger partial charge < -0.3 is 40.1 Å². The van der Waals surface area contributed by atoms with E-state index in [0.717, 1.165) is 32.1 Å². The predicted octanol–water partition coefficient (Wildman–Crippen LogP) is 0.455. The molecule has 1 aliphatic heterocycles. The second-order valence-electron chi connectivity index (χ2n) is 12.9. The minimum Gasteiger partial charge on any atom is -0.479 e. The van der Waals surface area contributed by atoms with Crippen LogP contribution in [0.5, 0.6) is 0 Å². The quantitative estimate of drug-likeness (QED) is 0.276. The molecule has 4 saturated carbocycles. The number of aliphatic hydroxyl groups is 5. The van der Waals surface area contributed by atoms with E-state index < -0.39 is 42.8 Å². The van der Waals surface area contributed by atoms with E-state index in [2.05, 4.69) is 13.8 Å². The number of carboxylic acid groups (broad SMARTS) is 1. The molecule has 0 aromatic heterocycles. The molecule has 0 amide bonds. The van der Waals surface area contributed by atoms with Crippen molar-refractivity contribution >= 4 is 11.8 Å². The van der Waals surface area contributed by atoms with Crippen LogP contribution < -0.4 is 0 Å². The van der Waals surface area contributed by atoms with E-state index in [1.807, 2.05) is 0 Å². The Morgan fingerprint density at radius 3 is 2.46 bits per heavy atom. The fourth-order valence-electron chi connectivity index (χ4n) is 9.31. The Morgan fingerprint density at radius 1 is 1.05 bits per heavy atom. The molecule has 1 saturated heterocycles. The van der Waals surface area contributed by atoms with Crippen molar-refractivity contribution in [3.8, 4) is 0 Å². The lowest BCUT2D eigenvalue weighted by Crippen LogP contribution is -2.61. The topological polar surface area (TPSA) is 174 Å². The van der Waals surface area contributed by atoms with E-state index >= 15 is 0 Å². The fourth-order valence-corrected chi connectivity index (χ4v) is 9.31. The first-order valence-corrected chi connectivity index (χ1v) is 13.8. The summed E-state index contributed by atoms with van der Waals surface area (Å²) in [6, 6.07) is 0. The van der Waals surface area contributed by atoms with Gasteiger partial charge in [0.1, 0.15) is 24.1 Å². The number of Topliss-reactive ketones (excluding diaryl/α,β-unsaturated/α-hetero) is 1. The molecule has 5 fully saturated rings. The Balaban J connectivity index is 1.29. The SMILES string of the molecule is CC12CC(=O)C3C(CCC4C[C@H](O[C@@H]5OC(C(=O)O)[C@@H](O)[C@H](O)[C@H]5O)CCC43C)C1CCC2C(O)CO. The van der Waals surface area contributed by atoms with Crippen molar-refractivity contribution in [1.82, 2.24) is 0 Å². The van der Waals surface area contributed by atoms with Crippen LogP contribution in [-0.2, 0) is 19.1 Å². The third-order valence-corrected chi connectivity index (χ3v) is 11.2. The van der Waals surface area contributed by atoms with E-state index in [1.54, 1.807) is 0 Å². The number of carboxylic acids is 1. The summed E-state index contributed by atoms with van der Waals surface area (Å²) in [7, 11) is 0. The molecule has 5 aliphatic rings. The van der Waals surface area contributed by atoms with Gasteiger partial charge in [-0.25, -0.2) is 4.79 Å². The van der Waals surface area contributed by atoms with Gasteiger partial charge in [0.15, 0.2) is 12.4 Å². The zero-order chi connectivity index (χ0) is 26.9. The van der Waals surface area contributed by atoms with Crippen LogP contribution >= 0.6 is 0 Å². The molecule has 0 bridgehead atoms. The third kappa shape index (κ3) is 4.27. The molecule has 14 atom stereocenters. The maximum absolute atomic E-state index is 13.8. The highest BCUT2D eigenvalue weighted by atomic mass is 16.7. The van der Waals surface area contributed by atoms with Gasteiger partial charge in [-0.3, -0.25) is 4.79 Å². The minimum atomic E-state index is -1.76. The lowest BCUT2D eigenvalue weighted by molar-refractivity contribution is -0.309. The number of fused-ring (bicyclic) bond motifs is 5. The zero-order valence-electron chi connectivity index (χ0n) is 21.6. The molecule has 1 heterocycles. The Kier molecular flexibility index (Phi) is 7.26. The van der Waals surface area contributed by atoms with Gasteiger partial charge >= 0.3 is 5.97 Å². The fraction of sp³-hybridized carbons (Fsp3) is 0.926. The molecule has 0 spiro atoms. The molecule has 0 radical (unpaired) electrons. The van der Waals surface area contributed by atoms with E-state index in [1.165, 1.54) is 0 Å². The van der Waals surface area contributed by atoms with Gasteiger partial charge in [0.05, 0.1) is 18.8 Å². The lowest BCUT2D eigenvalue weighted by Gasteiger charge is -2.60. The largest absolute Gasteiger partial charge is 0.479 e. The number of hydrogen-bond donors (Lipinski definition) is 6. The summed E-state index contributed by atoms with van der Waals surface area (Å²) in [4.78, 5) is 25.2. The van der Waals surface area contributed by atoms with Crippen molar-refractivity contribution in [2.45, 2.75) is 108 Å². The Labute approximate surface area is 217 Å². The Bertz CT molecular complexity index is 896. The van der Waals surface area contributed by atoms with Gasteiger partial charge in [0.2, 0.25) is 0 Å². The molecule has 4 aliphatic carbocycles. The summed E-state index contributed by atoms with van der Waals surface area (Å²) in [6.45, 7) is 4.07. The second kappa shape index (κ2) is 9.80. The van der Waals surface area contributed by atoms with E-state index in [9.17, 15) is 40.2 Å². The molecular weight excluding hydrogens is 484 g/mol. The van der Waals surface area contributed by atoms with E-state index in [-0.39, 0.29) is 53.0 Å². The highest BCUT2D eigenvalue weighted by Crippen LogP contribution is 2.67. The number of carbonyl (C=O) groups excluding carboxylic acids is 1. The number of ether oxygens (including phenoxy) is 2. The van der Waals surface area contributed by atoms with Crippen LogP contribution in [0.1, 0.15) is 65.2 Å². The van der Waals surface area contributed by atoms with Crippen molar-refractivity contribution in [3.05, 3.63) is 0 Å². The maximum Gasteiger partial charge on any atom is 0.335 e. The van der Waals surface area contributed by atoms with Crippen LogP contribution in [0, 0.1) is 40.4 Å². The molecule has 37 heavy (non-hydrogen) atoms. The summed E-state index contributed by atoms with van der Waals surface area (Å²) in [5.74, 6) is -0.470. The molecule has 10 nitrogen and oxygen atoms in total. The monoisotopic (exact) mass is 526 g/mol. The van der Waals surface area contributed by atoms with Crippen molar-refractivity contribution in [1.29, 1.82) is 0 Å². The summed E-state index contributed by atoms with van der Waals surface area (Å²) in [6.07, 6.45) is -3.13. The molecule has 0 aromatic carbocycles. The number of carbonyl (C=O) groups is 2. The van der Waals surface area contributed by atoms with Crippen molar-refractivity contribution in [2.24, 2.45) is 40.4 Å². The molecule has 6 N–H and O–H groups in total. The first-order valence-electron chi connectivity index (χ1n) is 13.8. The smallest absolute Gasteiger partial charge is 0.335 e. The van der Waals surface area contributed by atoms with Gasteiger partial charge in [-0.2, -0.15) is 0 Å². The standard InChI is InChI=1S/C27H42O10/c1-26-8-7-13(36-25-22(33)20(31)21(32)23(37-25)24(34)35)9-12(26)3-4-14-15-5-6-16(18(30)11-28)27(15,2)10-17(29)19(14)26/h12-16,18-23,25,28,30-33H,3-11H2,1-2H3,(H,34,35)/t12?,13-,14?,15?,16?,18?,19?,20+,21+,22-,23?,25-,26?,27?/m1/s1. The van der Waals surface area contributed by atoms with E-state index in [4.69, 9.17) is 9.47 Å².